The summed E-state index contributed by atoms with van der Waals surface area (Å²) in [7, 11) is 0. The molecule has 0 bridgehead atoms. The summed E-state index contributed by atoms with van der Waals surface area (Å²) in [4.78, 5) is 26.6. The lowest BCUT2D eigenvalue weighted by atomic mass is 10.1. The van der Waals surface area contributed by atoms with Crippen LogP contribution < -0.4 is 16.0 Å². The molecule has 1 rings (SSSR count). The minimum Gasteiger partial charge on any atom is -0.445 e. The van der Waals surface area contributed by atoms with E-state index in [1.165, 1.54) is 64.2 Å². The Balaban J connectivity index is 2.35. The molecule has 258 valence electrons. The number of hydrogen-bond donors (Lipinski definition) is 3. The lowest BCUT2D eigenvalue weighted by molar-refractivity contribution is -0.923. The van der Waals surface area contributed by atoms with E-state index in [4.69, 9.17) is 17.0 Å². The number of nitrogens with one attached hydrogen (secondary N) is 3. The quantitative estimate of drug-likeness (QED) is 0.0483. The molecule has 1 aromatic carbocycles. The van der Waals surface area contributed by atoms with E-state index in [9.17, 15) is 9.59 Å². The van der Waals surface area contributed by atoms with E-state index < -0.39 is 12.1 Å². The fraction of sp³-hybridized carbons (Fsp3) is 0.757. The van der Waals surface area contributed by atoms with E-state index in [0.717, 1.165) is 79.9 Å². The second-order valence-corrected chi connectivity index (χ2v) is 13.0. The van der Waals surface area contributed by atoms with Gasteiger partial charge in [-0.25, -0.2) is 4.79 Å². The normalized spacial score (nSPS) is 12.0. The summed E-state index contributed by atoms with van der Waals surface area (Å²) in [6.07, 6.45) is 18.2. The van der Waals surface area contributed by atoms with Crippen molar-refractivity contribution in [1.29, 1.82) is 0 Å². The molecule has 7 nitrogen and oxygen atoms in total. The first-order chi connectivity index (χ1) is 21.9. The number of carbonyl (C=O) groups is 2. The van der Waals surface area contributed by atoms with E-state index in [0.29, 0.717) is 13.0 Å². The molecule has 8 heteroatoms. The van der Waals surface area contributed by atoms with Crippen molar-refractivity contribution in [1.82, 2.24) is 16.0 Å². The van der Waals surface area contributed by atoms with Crippen molar-refractivity contribution in [3.05, 3.63) is 35.9 Å². The summed E-state index contributed by atoms with van der Waals surface area (Å²) in [5.74, 6) is -0.144. The predicted molar refractivity (Wildman–Crippen MR) is 193 cm³/mol. The van der Waals surface area contributed by atoms with Crippen LogP contribution in [0.5, 0.6) is 0 Å². The zero-order valence-corrected chi connectivity index (χ0v) is 30.1. The Kier molecular flexibility index (Phi) is 24.5. The molecule has 1 atom stereocenters. The predicted octanol–water partition coefficient (Wildman–Crippen LogP) is 8.45. The van der Waals surface area contributed by atoms with Crippen LogP contribution in [0.15, 0.2) is 30.3 Å². The van der Waals surface area contributed by atoms with Gasteiger partial charge in [-0.3, -0.25) is 4.79 Å². The Morgan fingerprint density at radius 1 is 0.733 bits per heavy atom. The van der Waals surface area contributed by atoms with E-state index in [-0.39, 0.29) is 12.5 Å². The molecule has 0 aliphatic heterocycles. The smallest absolute Gasteiger partial charge is 0.408 e. The lowest BCUT2D eigenvalue weighted by Crippen LogP contribution is -2.50. The van der Waals surface area contributed by atoms with Crippen molar-refractivity contribution < 1.29 is 18.8 Å². The average Bonchev–Trinajstić information content (AvgIpc) is 3.06. The number of alkyl carbamates (subject to hydrolysis) is 1. The zero-order chi connectivity index (χ0) is 33.0. The second kappa shape index (κ2) is 27.0. The first kappa shape index (κ1) is 40.8. The maximum atomic E-state index is 13.1. The van der Waals surface area contributed by atoms with Crippen LogP contribution in [0.1, 0.15) is 136 Å². The van der Waals surface area contributed by atoms with Crippen molar-refractivity contribution >= 4 is 29.2 Å². The summed E-state index contributed by atoms with van der Waals surface area (Å²) in [6, 6.07) is 8.94. The topological polar surface area (TPSA) is 79.5 Å². The number of thiocarbonyl (C=S) groups is 1. The summed E-state index contributed by atoms with van der Waals surface area (Å²) < 4.78 is 6.46. The number of carbonyl (C=O) groups excluding carboxylic acids is 2. The molecule has 0 spiro atoms. The molecular formula is C37H67N4O3S+. The van der Waals surface area contributed by atoms with Gasteiger partial charge >= 0.3 is 6.09 Å². The van der Waals surface area contributed by atoms with Crippen molar-refractivity contribution in [2.24, 2.45) is 0 Å². The van der Waals surface area contributed by atoms with E-state index >= 15 is 0 Å². The van der Waals surface area contributed by atoms with Crippen LogP contribution in [-0.2, 0) is 16.1 Å². The first-order valence-corrected chi connectivity index (χ1v) is 18.7. The Hall–Kier alpha value is -2.19. The van der Waals surface area contributed by atoms with Crippen LogP contribution in [0, 0.1) is 0 Å². The highest BCUT2D eigenvalue weighted by Gasteiger charge is 2.23. The average molecular weight is 648 g/mol. The fourth-order valence-corrected chi connectivity index (χ4v) is 6.06. The fourth-order valence-electron chi connectivity index (χ4n) is 5.81. The van der Waals surface area contributed by atoms with Crippen molar-refractivity contribution in [2.75, 3.05) is 39.3 Å². The van der Waals surface area contributed by atoms with Crippen LogP contribution >= 0.6 is 12.2 Å². The highest BCUT2D eigenvalue weighted by molar-refractivity contribution is 7.80. The molecule has 0 saturated heterocycles. The monoisotopic (exact) mass is 647 g/mol. The SMILES string of the molecule is CCCCCCCCCCCCCC(=S)NCCCC[C@H](NC(=O)OCc1ccccc1)C(=O)NCCC[N+](CC)(CC)CC. The molecule has 2 amide bonds. The Morgan fingerprint density at radius 3 is 1.91 bits per heavy atom. The van der Waals surface area contributed by atoms with Crippen molar-refractivity contribution in [3.63, 3.8) is 0 Å². The number of unbranched alkanes of at least 4 members (excludes halogenated alkanes) is 11. The molecule has 0 heterocycles. The zero-order valence-electron chi connectivity index (χ0n) is 29.3. The molecule has 0 saturated carbocycles. The lowest BCUT2D eigenvalue weighted by Gasteiger charge is -2.35. The number of ether oxygens (including phenoxy) is 1. The standard InChI is InChI=1S/C37H66N4O3S/c1-5-9-10-11-12-13-14-15-16-17-21-28-35(45)38-29-23-22-27-34(40-37(43)44-32-33-25-19-18-20-26-33)36(42)39-30-24-31-41(6-2,7-3)8-4/h18-20,25-26,34H,5-17,21-24,27-32H2,1-4H3,(H2-,38,39,40,42,43,45)/p+1/t34-/m0/s1. The van der Waals surface area contributed by atoms with E-state index in [2.05, 4.69) is 43.6 Å². The van der Waals surface area contributed by atoms with Gasteiger partial charge < -0.3 is 25.2 Å². The van der Waals surface area contributed by atoms with Gasteiger partial charge in [-0.15, -0.1) is 0 Å². The van der Waals surface area contributed by atoms with Crippen molar-refractivity contribution in [3.8, 4) is 0 Å². The summed E-state index contributed by atoms with van der Waals surface area (Å²) in [6.45, 7) is 14.8. The Bertz CT molecular complexity index is 887. The molecule has 0 aliphatic rings. The molecule has 0 fully saturated rings. The molecule has 0 aromatic heterocycles. The van der Waals surface area contributed by atoms with Gasteiger partial charge in [-0.2, -0.15) is 0 Å². The maximum absolute atomic E-state index is 13.1. The van der Waals surface area contributed by atoms with Gasteiger partial charge in [-0.1, -0.05) is 114 Å². The Morgan fingerprint density at radius 2 is 1.31 bits per heavy atom. The van der Waals surface area contributed by atoms with Gasteiger partial charge in [0.2, 0.25) is 5.91 Å². The molecular weight excluding hydrogens is 580 g/mol. The molecule has 0 radical (unpaired) electrons. The van der Waals surface area contributed by atoms with Gasteiger partial charge in [0.05, 0.1) is 31.2 Å². The van der Waals surface area contributed by atoms with Gasteiger partial charge in [-0.05, 0) is 58.4 Å². The number of hydrogen-bond acceptors (Lipinski definition) is 4. The minimum absolute atomic E-state index is 0.144. The van der Waals surface area contributed by atoms with Gasteiger partial charge in [0, 0.05) is 19.5 Å². The van der Waals surface area contributed by atoms with Gasteiger partial charge in [0.1, 0.15) is 12.6 Å². The highest BCUT2D eigenvalue weighted by atomic mass is 32.1. The minimum atomic E-state index is -0.626. The van der Waals surface area contributed by atoms with Crippen LogP contribution in [0.2, 0.25) is 0 Å². The molecule has 45 heavy (non-hydrogen) atoms. The molecule has 1 aromatic rings. The largest absolute Gasteiger partial charge is 0.445 e. The number of benzene rings is 1. The molecule has 3 N–H and O–H groups in total. The second-order valence-electron chi connectivity index (χ2n) is 12.5. The summed E-state index contributed by atoms with van der Waals surface area (Å²) >= 11 is 5.55. The van der Waals surface area contributed by atoms with Crippen LogP contribution in [0.3, 0.4) is 0 Å². The van der Waals surface area contributed by atoms with Crippen molar-refractivity contribution in [2.45, 2.75) is 143 Å². The molecule has 0 aliphatic carbocycles. The summed E-state index contributed by atoms with van der Waals surface area (Å²) in [5.41, 5.74) is 0.910. The first-order valence-electron chi connectivity index (χ1n) is 18.3. The third-order valence-corrected chi connectivity index (χ3v) is 9.54. The van der Waals surface area contributed by atoms with E-state index in [1.807, 2.05) is 30.3 Å². The maximum Gasteiger partial charge on any atom is 0.408 e. The van der Waals surface area contributed by atoms with Crippen LogP contribution in [-0.4, -0.2) is 66.8 Å². The van der Waals surface area contributed by atoms with Crippen LogP contribution in [0.25, 0.3) is 0 Å². The van der Waals surface area contributed by atoms with Crippen LogP contribution in [0.4, 0.5) is 4.79 Å². The third-order valence-electron chi connectivity index (χ3n) is 9.19. The number of quaternary nitrogens is 1. The third kappa shape index (κ3) is 20.5. The number of nitrogens with zero attached hydrogens (tertiary/aromatic N) is 1. The van der Waals surface area contributed by atoms with E-state index in [1.54, 1.807) is 0 Å². The number of amides is 2. The number of rotatable bonds is 28. The highest BCUT2D eigenvalue weighted by Crippen LogP contribution is 2.12. The van der Waals surface area contributed by atoms with Gasteiger partial charge in [0.15, 0.2) is 0 Å². The summed E-state index contributed by atoms with van der Waals surface area (Å²) in [5, 5.41) is 9.27. The molecule has 0 unspecified atom stereocenters. The van der Waals surface area contributed by atoms with Gasteiger partial charge in [0.25, 0.3) is 0 Å². The Labute approximate surface area is 281 Å².